The zero-order valence-electron chi connectivity index (χ0n) is 14.1. The summed E-state index contributed by atoms with van der Waals surface area (Å²) in [6.07, 6.45) is 1.66. The molecule has 1 aliphatic rings. The molecule has 0 spiro atoms. The second-order valence-electron chi connectivity index (χ2n) is 6.57. The van der Waals surface area contributed by atoms with E-state index in [1.807, 2.05) is 20.8 Å². The van der Waals surface area contributed by atoms with Gasteiger partial charge in [0.25, 0.3) is 5.69 Å². The lowest BCUT2D eigenvalue weighted by atomic mass is 9.92. The highest BCUT2D eigenvalue weighted by Crippen LogP contribution is 2.28. The average Bonchev–Trinajstić information content (AvgIpc) is 2.49. The minimum absolute atomic E-state index is 0.0242. The van der Waals surface area contributed by atoms with Crippen LogP contribution in [0.4, 0.5) is 5.69 Å². The molecule has 0 amide bonds. The summed E-state index contributed by atoms with van der Waals surface area (Å²) in [5.41, 5.74) is 0.943. The number of aliphatic hydroxyl groups is 1. The first kappa shape index (κ1) is 17.7. The van der Waals surface area contributed by atoms with Crippen molar-refractivity contribution in [3.05, 3.63) is 33.9 Å². The number of ether oxygens (including phenoxy) is 1. The van der Waals surface area contributed by atoms with Crippen molar-refractivity contribution in [2.24, 2.45) is 5.92 Å². The minimum Gasteiger partial charge on any atom is -0.491 e. The summed E-state index contributed by atoms with van der Waals surface area (Å²) >= 11 is 0. The van der Waals surface area contributed by atoms with Crippen LogP contribution in [0.1, 0.15) is 39.2 Å². The van der Waals surface area contributed by atoms with Crippen LogP contribution < -0.4 is 4.74 Å². The monoisotopic (exact) mass is 322 g/mol. The predicted molar refractivity (Wildman–Crippen MR) is 88.5 cm³/mol. The lowest BCUT2D eigenvalue weighted by Crippen LogP contribution is -2.36. The van der Waals surface area contributed by atoms with Crippen molar-refractivity contribution in [3.8, 4) is 5.75 Å². The fourth-order valence-corrected chi connectivity index (χ4v) is 3.01. The molecule has 23 heavy (non-hydrogen) atoms. The summed E-state index contributed by atoms with van der Waals surface area (Å²) in [7, 11) is 0. The number of rotatable bonds is 6. The second-order valence-corrected chi connectivity index (χ2v) is 6.57. The minimum atomic E-state index is -0.373. The number of nitrogens with zero attached hydrogens (tertiary/aromatic N) is 2. The molecule has 1 fully saturated rings. The number of aliphatic hydroxyl groups excluding tert-OH is 1. The Morgan fingerprint density at radius 1 is 1.35 bits per heavy atom. The van der Waals surface area contributed by atoms with Gasteiger partial charge in [-0.25, -0.2) is 0 Å². The van der Waals surface area contributed by atoms with Crippen LogP contribution in [0.5, 0.6) is 5.75 Å². The van der Waals surface area contributed by atoms with Crippen LogP contribution in [0.25, 0.3) is 0 Å². The van der Waals surface area contributed by atoms with Gasteiger partial charge in [0.05, 0.1) is 17.1 Å². The molecule has 1 atom stereocenters. The number of nitro groups is 1. The van der Waals surface area contributed by atoms with Crippen molar-refractivity contribution in [2.75, 3.05) is 13.1 Å². The molecule has 6 nitrogen and oxygen atoms in total. The highest BCUT2D eigenvalue weighted by atomic mass is 16.6. The number of nitro benzene ring substituents is 1. The Kier molecular flexibility index (Phi) is 5.96. The van der Waals surface area contributed by atoms with E-state index in [1.165, 1.54) is 6.07 Å². The fraction of sp³-hybridized carbons (Fsp3) is 0.647. The number of hydrogen-bond donors (Lipinski definition) is 1. The van der Waals surface area contributed by atoms with Crippen LogP contribution in [0.2, 0.25) is 0 Å². The Labute approximate surface area is 137 Å². The standard InChI is InChI=1S/C17H26N2O4/c1-12(2)23-17-5-4-16(19(21)22)10-15(17)11-18-8-6-14(7-9-18)13(3)20/h4-5,10,12-14,20H,6-9,11H2,1-3H3. The third kappa shape index (κ3) is 4.91. The molecule has 6 heteroatoms. The van der Waals surface area contributed by atoms with Crippen molar-refractivity contribution in [2.45, 2.75) is 52.4 Å². The van der Waals surface area contributed by atoms with E-state index in [4.69, 9.17) is 4.74 Å². The third-order valence-corrected chi connectivity index (χ3v) is 4.33. The van der Waals surface area contributed by atoms with E-state index in [0.29, 0.717) is 18.2 Å². The highest BCUT2D eigenvalue weighted by molar-refractivity contribution is 5.44. The van der Waals surface area contributed by atoms with Crippen LogP contribution in [-0.4, -0.2) is 40.2 Å². The molecular weight excluding hydrogens is 296 g/mol. The van der Waals surface area contributed by atoms with Crippen LogP contribution in [0, 0.1) is 16.0 Å². The molecule has 0 saturated carbocycles. The quantitative estimate of drug-likeness (QED) is 0.643. The number of hydrogen-bond acceptors (Lipinski definition) is 5. The molecule has 0 aliphatic carbocycles. The number of non-ortho nitro benzene ring substituents is 1. The summed E-state index contributed by atoms with van der Waals surface area (Å²) in [4.78, 5) is 12.9. The molecule has 1 aromatic rings. The summed E-state index contributed by atoms with van der Waals surface area (Å²) in [6.45, 7) is 8.14. The first-order valence-corrected chi connectivity index (χ1v) is 8.21. The van der Waals surface area contributed by atoms with Crippen LogP contribution in [0.3, 0.4) is 0 Å². The smallest absolute Gasteiger partial charge is 0.270 e. The lowest BCUT2D eigenvalue weighted by Gasteiger charge is -2.33. The Balaban J connectivity index is 2.10. The third-order valence-electron chi connectivity index (χ3n) is 4.33. The zero-order chi connectivity index (χ0) is 17.0. The van der Waals surface area contributed by atoms with Gasteiger partial charge in [0.15, 0.2) is 0 Å². The van der Waals surface area contributed by atoms with Gasteiger partial charge < -0.3 is 9.84 Å². The molecule has 0 aromatic heterocycles. The maximum Gasteiger partial charge on any atom is 0.270 e. The Morgan fingerprint density at radius 2 is 2.00 bits per heavy atom. The van der Waals surface area contributed by atoms with Crippen molar-refractivity contribution < 1.29 is 14.8 Å². The summed E-state index contributed by atoms with van der Waals surface area (Å²) < 4.78 is 5.79. The topological polar surface area (TPSA) is 75.8 Å². The van der Waals surface area contributed by atoms with Crippen LogP contribution >= 0.6 is 0 Å². The van der Waals surface area contributed by atoms with Crippen molar-refractivity contribution >= 4 is 5.69 Å². The van der Waals surface area contributed by atoms with Gasteiger partial charge in [0.2, 0.25) is 0 Å². The fourth-order valence-electron chi connectivity index (χ4n) is 3.01. The van der Waals surface area contributed by atoms with Gasteiger partial charge >= 0.3 is 0 Å². The van der Waals surface area contributed by atoms with Gasteiger partial charge in [-0.2, -0.15) is 0 Å². The summed E-state index contributed by atoms with van der Waals surface area (Å²) in [5.74, 6) is 1.06. The number of benzene rings is 1. The van der Waals surface area contributed by atoms with E-state index in [-0.39, 0.29) is 22.8 Å². The molecule has 0 bridgehead atoms. The first-order valence-electron chi connectivity index (χ1n) is 8.21. The highest BCUT2D eigenvalue weighted by Gasteiger charge is 2.24. The molecule has 1 aliphatic heterocycles. The normalized spacial score (nSPS) is 18.1. The summed E-state index contributed by atoms with van der Waals surface area (Å²) in [6, 6.07) is 4.79. The van der Waals surface area contributed by atoms with Gasteiger partial charge in [-0.05, 0) is 58.7 Å². The number of likely N-dealkylation sites (tertiary alicyclic amines) is 1. The van der Waals surface area contributed by atoms with Gasteiger partial charge in [0.1, 0.15) is 5.75 Å². The molecule has 1 N–H and O–H groups in total. The Bertz CT molecular complexity index is 537. The van der Waals surface area contributed by atoms with Gasteiger partial charge in [-0.3, -0.25) is 15.0 Å². The molecule has 128 valence electrons. The van der Waals surface area contributed by atoms with Crippen LogP contribution in [0.15, 0.2) is 18.2 Å². The molecule has 1 saturated heterocycles. The van der Waals surface area contributed by atoms with E-state index in [1.54, 1.807) is 12.1 Å². The van der Waals surface area contributed by atoms with E-state index in [9.17, 15) is 15.2 Å². The molecule has 0 radical (unpaired) electrons. The van der Waals surface area contributed by atoms with Crippen molar-refractivity contribution in [1.82, 2.24) is 4.90 Å². The zero-order valence-corrected chi connectivity index (χ0v) is 14.1. The first-order chi connectivity index (χ1) is 10.9. The van der Waals surface area contributed by atoms with Gasteiger partial charge in [-0.15, -0.1) is 0 Å². The Morgan fingerprint density at radius 3 is 2.52 bits per heavy atom. The molecule has 1 unspecified atom stereocenters. The molecule has 1 heterocycles. The number of piperidine rings is 1. The SMILES string of the molecule is CC(C)Oc1ccc([N+](=O)[O-])cc1CN1CCC(C(C)O)CC1. The molecular formula is C17H26N2O4. The predicted octanol–water partition coefficient (Wildman–Crippen LogP) is 2.97. The average molecular weight is 322 g/mol. The lowest BCUT2D eigenvalue weighted by molar-refractivity contribution is -0.385. The summed E-state index contributed by atoms with van der Waals surface area (Å²) in [5, 5.41) is 20.7. The van der Waals surface area contributed by atoms with E-state index >= 15 is 0 Å². The maximum absolute atomic E-state index is 11.0. The van der Waals surface area contributed by atoms with Gasteiger partial charge in [-0.1, -0.05) is 0 Å². The van der Waals surface area contributed by atoms with Crippen molar-refractivity contribution in [3.63, 3.8) is 0 Å². The van der Waals surface area contributed by atoms with Crippen molar-refractivity contribution in [1.29, 1.82) is 0 Å². The van der Waals surface area contributed by atoms with E-state index in [2.05, 4.69) is 4.90 Å². The molecule has 2 rings (SSSR count). The second kappa shape index (κ2) is 7.75. The largest absolute Gasteiger partial charge is 0.491 e. The van der Waals surface area contributed by atoms with Crippen LogP contribution in [-0.2, 0) is 6.54 Å². The van der Waals surface area contributed by atoms with Gasteiger partial charge in [0, 0.05) is 24.2 Å². The maximum atomic E-state index is 11.0. The van der Waals surface area contributed by atoms with E-state index < -0.39 is 0 Å². The van der Waals surface area contributed by atoms with E-state index in [0.717, 1.165) is 31.5 Å². The Hall–Kier alpha value is -1.66. The molecule has 1 aromatic carbocycles.